The lowest BCUT2D eigenvalue weighted by atomic mass is 9.79. The second-order valence-corrected chi connectivity index (χ2v) is 7.07. The minimum atomic E-state index is -5.01. The molecule has 0 saturated heterocycles. The number of halogens is 3. The second kappa shape index (κ2) is 5.35. The molecule has 0 aliphatic rings. The van der Waals surface area contributed by atoms with Gasteiger partial charge in [-0.15, -0.1) is 0 Å². The Morgan fingerprint density at radius 2 is 1.29 bits per heavy atom. The molecule has 5 heteroatoms. The minimum Gasteiger partial charge on any atom is -0.419 e. The molecule has 1 aromatic carbocycles. The molecule has 2 nitrogen and oxygen atoms in total. The summed E-state index contributed by atoms with van der Waals surface area (Å²) in [4.78, 5) is 11.2. The molecule has 0 radical (unpaired) electrons. The maximum absolute atomic E-state index is 12.5. The summed E-state index contributed by atoms with van der Waals surface area (Å²) in [5.74, 6) is -2.18. The fourth-order valence-corrected chi connectivity index (χ4v) is 1.98. The Labute approximate surface area is 123 Å². The van der Waals surface area contributed by atoms with Crippen molar-refractivity contribution < 1.29 is 22.7 Å². The number of alkyl halides is 3. The summed E-state index contributed by atoms with van der Waals surface area (Å²) >= 11 is 0. The molecule has 0 heterocycles. The summed E-state index contributed by atoms with van der Waals surface area (Å²) in [7, 11) is 0. The highest BCUT2D eigenvalue weighted by Crippen LogP contribution is 2.40. The van der Waals surface area contributed by atoms with Gasteiger partial charge in [-0.05, 0) is 10.8 Å². The molecule has 0 fully saturated rings. The van der Waals surface area contributed by atoms with Gasteiger partial charge < -0.3 is 4.74 Å². The third kappa shape index (κ3) is 4.22. The number of benzene rings is 1. The predicted octanol–water partition coefficient (Wildman–Crippen LogP) is 4.75. The number of esters is 1. The highest BCUT2D eigenvalue weighted by molar-refractivity contribution is 5.79. The molecule has 0 aromatic heterocycles. The lowest BCUT2D eigenvalue weighted by Crippen LogP contribution is -2.30. The van der Waals surface area contributed by atoms with Crippen LogP contribution in [0.5, 0.6) is 5.75 Å². The molecular formula is C16H21F3O2. The predicted molar refractivity (Wildman–Crippen MR) is 75.5 cm³/mol. The Hall–Kier alpha value is -1.52. The molecule has 1 aromatic rings. The molecular weight excluding hydrogens is 281 g/mol. The fraction of sp³-hybridized carbons (Fsp3) is 0.562. The molecule has 0 spiro atoms. The molecule has 0 N–H and O–H groups in total. The van der Waals surface area contributed by atoms with Crippen LogP contribution in [0, 0.1) is 0 Å². The number of ether oxygens (including phenoxy) is 1. The van der Waals surface area contributed by atoms with Gasteiger partial charge in [0.2, 0.25) is 0 Å². The highest BCUT2D eigenvalue weighted by atomic mass is 19.4. The maximum Gasteiger partial charge on any atom is 0.491 e. The molecule has 21 heavy (non-hydrogen) atoms. The first-order valence-corrected chi connectivity index (χ1v) is 6.67. The van der Waals surface area contributed by atoms with Crippen molar-refractivity contribution in [3.05, 3.63) is 29.3 Å². The second-order valence-electron chi connectivity index (χ2n) is 7.07. The van der Waals surface area contributed by atoms with Crippen molar-refractivity contribution in [3.63, 3.8) is 0 Å². The van der Waals surface area contributed by atoms with Crippen molar-refractivity contribution in [2.24, 2.45) is 0 Å². The Morgan fingerprint density at radius 1 is 0.905 bits per heavy atom. The largest absolute Gasteiger partial charge is 0.491 e. The zero-order valence-electron chi connectivity index (χ0n) is 13.2. The Balaban J connectivity index is 3.48. The van der Waals surface area contributed by atoms with E-state index in [1.165, 1.54) is 0 Å². The van der Waals surface area contributed by atoms with Crippen LogP contribution < -0.4 is 4.74 Å². The number of hydrogen-bond donors (Lipinski definition) is 0. The molecule has 0 amide bonds. The molecule has 0 unspecified atom stereocenters. The smallest absolute Gasteiger partial charge is 0.419 e. The number of carbonyl (C=O) groups excluding carboxylic acids is 1. The molecule has 0 saturated carbocycles. The Bertz CT molecular complexity index is 500. The monoisotopic (exact) mass is 302 g/mol. The van der Waals surface area contributed by atoms with E-state index >= 15 is 0 Å². The van der Waals surface area contributed by atoms with Crippen LogP contribution in [0.2, 0.25) is 0 Å². The first-order chi connectivity index (χ1) is 9.24. The van der Waals surface area contributed by atoms with Crippen molar-refractivity contribution in [1.82, 2.24) is 0 Å². The van der Waals surface area contributed by atoms with E-state index < -0.39 is 23.0 Å². The standard InChI is InChI=1S/C16H21F3O2/c1-14(2,3)10-8-7-9-11(15(4,5)6)12(10)21-13(20)16(17,18)19/h7-9H,1-6H3. The molecule has 0 bridgehead atoms. The third-order valence-electron chi connectivity index (χ3n) is 3.06. The van der Waals surface area contributed by atoms with E-state index in [9.17, 15) is 18.0 Å². The minimum absolute atomic E-state index is 0.0137. The van der Waals surface area contributed by atoms with Gasteiger partial charge in [-0.25, -0.2) is 4.79 Å². The van der Waals surface area contributed by atoms with Crippen LogP contribution in [-0.2, 0) is 15.6 Å². The molecule has 118 valence electrons. The summed E-state index contributed by atoms with van der Waals surface area (Å²) < 4.78 is 42.3. The van der Waals surface area contributed by atoms with E-state index in [1.54, 1.807) is 18.2 Å². The van der Waals surface area contributed by atoms with Gasteiger partial charge in [0, 0.05) is 11.1 Å². The van der Waals surface area contributed by atoms with Crippen LogP contribution in [0.3, 0.4) is 0 Å². The average molecular weight is 302 g/mol. The summed E-state index contributed by atoms with van der Waals surface area (Å²) in [5, 5.41) is 0. The molecule has 0 atom stereocenters. The van der Waals surface area contributed by atoms with Crippen molar-refractivity contribution >= 4 is 5.97 Å². The quantitative estimate of drug-likeness (QED) is 0.553. The topological polar surface area (TPSA) is 26.3 Å². The molecule has 1 rings (SSSR count). The summed E-state index contributed by atoms with van der Waals surface area (Å²) in [6.07, 6.45) is -5.01. The van der Waals surface area contributed by atoms with Crippen LogP contribution in [0.1, 0.15) is 52.7 Å². The van der Waals surface area contributed by atoms with E-state index in [2.05, 4.69) is 0 Å². The average Bonchev–Trinajstić information content (AvgIpc) is 2.24. The zero-order chi connectivity index (χ0) is 16.6. The van der Waals surface area contributed by atoms with Crippen molar-refractivity contribution in [3.8, 4) is 5.75 Å². The van der Waals surface area contributed by atoms with Gasteiger partial charge in [0.25, 0.3) is 0 Å². The van der Waals surface area contributed by atoms with E-state index in [-0.39, 0.29) is 5.75 Å². The van der Waals surface area contributed by atoms with Gasteiger partial charge in [-0.3, -0.25) is 0 Å². The summed E-state index contributed by atoms with van der Waals surface area (Å²) in [5.41, 5.74) is 0.269. The summed E-state index contributed by atoms with van der Waals surface area (Å²) in [6.45, 7) is 11.2. The normalized spacial score (nSPS) is 13.2. The zero-order valence-corrected chi connectivity index (χ0v) is 13.2. The van der Waals surface area contributed by atoms with Gasteiger partial charge in [0.05, 0.1) is 0 Å². The van der Waals surface area contributed by atoms with E-state index in [1.807, 2.05) is 41.5 Å². The Kier molecular flexibility index (Phi) is 4.47. The number of hydrogen-bond acceptors (Lipinski definition) is 2. The lowest BCUT2D eigenvalue weighted by Gasteiger charge is -2.29. The van der Waals surface area contributed by atoms with E-state index in [0.717, 1.165) is 0 Å². The number of para-hydroxylation sites is 1. The van der Waals surface area contributed by atoms with Gasteiger partial charge in [-0.2, -0.15) is 13.2 Å². The van der Waals surface area contributed by atoms with Crippen molar-refractivity contribution in [2.75, 3.05) is 0 Å². The van der Waals surface area contributed by atoms with Crippen molar-refractivity contribution in [2.45, 2.75) is 58.5 Å². The third-order valence-corrected chi connectivity index (χ3v) is 3.06. The highest BCUT2D eigenvalue weighted by Gasteiger charge is 2.42. The fourth-order valence-electron chi connectivity index (χ4n) is 1.98. The van der Waals surface area contributed by atoms with Crippen LogP contribution in [0.4, 0.5) is 13.2 Å². The number of carbonyl (C=O) groups is 1. The molecule has 0 aliphatic heterocycles. The SMILES string of the molecule is CC(C)(C)c1cccc(C(C)(C)C)c1OC(=O)C(F)(F)F. The van der Waals surface area contributed by atoms with Gasteiger partial charge >= 0.3 is 12.1 Å². The first-order valence-electron chi connectivity index (χ1n) is 6.67. The van der Waals surface area contributed by atoms with Crippen LogP contribution in [0.15, 0.2) is 18.2 Å². The van der Waals surface area contributed by atoms with Gasteiger partial charge in [0.1, 0.15) is 5.75 Å². The van der Waals surface area contributed by atoms with Gasteiger partial charge in [-0.1, -0.05) is 59.7 Å². The van der Waals surface area contributed by atoms with E-state index in [4.69, 9.17) is 4.74 Å². The van der Waals surface area contributed by atoms with Crippen molar-refractivity contribution in [1.29, 1.82) is 0 Å². The maximum atomic E-state index is 12.5. The first kappa shape index (κ1) is 17.5. The number of rotatable bonds is 1. The van der Waals surface area contributed by atoms with Crippen LogP contribution in [-0.4, -0.2) is 12.1 Å². The van der Waals surface area contributed by atoms with Crippen LogP contribution in [0.25, 0.3) is 0 Å². The van der Waals surface area contributed by atoms with E-state index in [0.29, 0.717) is 11.1 Å². The molecule has 0 aliphatic carbocycles. The van der Waals surface area contributed by atoms with Gasteiger partial charge in [0.15, 0.2) is 0 Å². The lowest BCUT2D eigenvalue weighted by molar-refractivity contribution is -0.189. The van der Waals surface area contributed by atoms with Crippen LogP contribution >= 0.6 is 0 Å². The Morgan fingerprint density at radius 3 is 1.57 bits per heavy atom. The summed E-state index contributed by atoms with van der Waals surface area (Å²) in [6, 6.07) is 5.15.